The Morgan fingerprint density at radius 1 is 1.10 bits per heavy atom. The number of benzene rings is 2. The molecule has 1 saturated heterocycles. The van der Waals surface area contributed by atoms with Gasteiger partial charge in [-0.15, -0.1) is 0 Å². The molecule has 0 aliphatic carbocycles. The monoisotopic (exact) mass is 396 g/mol. The molecule has 1 unspecified atom stereocenters. The van der Waals surface area contributed by atoms with Gasteiger partial charge in [-0.05, 0) is 49.4 Å². The van der Waals surface area contributed by atoms with E-state index >= 15 is 0 Å². The number of hydrogen-bond donors (Lipinski definition) is 3. The molecule has 0 aromatic heterocycles. The molecule has 0 radical (unpaired) electrons. The Bertz CT molecular complexity index is 898. The molecule has 2 aromatic carbocycles. The number of urea groups is 1. The van der Waals surface area contributed by atoms with Gasteiger partial charge in [0.2, 0.25) is 11.8 Å². The summed E-state index contributed by atoms with van der Waals surface area (Å²) < 4.78 is 5.42. The van der Waals surface area contributed by atoms with Crippen molar-refractivity contribution in [1.29, 1.82) is 0 Å². The predicted octanol–water partition coefficient (Wildman–Crippen LogP) is 2.97. The van der Waals surface area contributed by atoms with Crippen LogP contribution in [-0.2, 0) is 9.59 Å². The lowest BCUT2D eigenvalue weighted by molar-refractivity contribution is -0.117. The third-order valence-electron chi connectivity index (χ3n) is 4.36. The average Bonchev–Trinajstić information content (AvgIpc) is 3.02. The van der Waals surface area contributed by atoms with E-state index in [0.717, 1.165) is 11.4 Å². The average molecular weight is 396 g/mol. The molecule has 3 N–H and O–H groups in total. The predicted molar refractivity (Wildman–Crippen MR) is 111 cm³/mol. The zero-order valence-corrected chi connectivity index (χ0v) is 16.4. The van der Waals surface area contributed by atoms with Crippen molar-refractivity contribution < 1.29 is 19.1 Å². The number of ether oxygens (including phenoxy) is 1. The second kappa shape index (κ2) is 9.09. The lowest BCUT2D eigenvalue weighted by atomic mass is 10.2. The minimum Gasteiger partial charge on any atom is -0.494 e. The van der Waals surface area contributed by atoms with Gasteiger partial charge in [0.25, 0.3) is 0 Å². The van der Waals surface area contributed by atoms with Crippen LogP contribution in [0.15, 0.2) is 48.5 Å². The third-order valence-corrected chi connectivity index (χ3v) is 4.36. The number of carbonyl (C=O) groups excluding carboxylic acids is 3. The lowest BCUT2D eigenvalue weighted by Gasteiger charge is -2.18. The summed E-state index contributed by atoms with van der Waals surface area (Å²) in [5.41, 5.74) is 1.90. The van der Waals surface area contributed by atoms with Gasteiger partial charge in [0, 0.05) is 37.0 Å². The Kier molecular flexibility index (Phi) is 6.33. The first-order chi connectivity index (χ1) is 13.9. The highest BCUT2D eigenvalue weighted by atomic mass is 16.5. The number of amides is 4. The van der Waals surface area contributed by atoms with Gasteiger partial charge in [0.15, 0.2) is 0 Å². The van der Waals surface area contributed by atoms with Crippen LogP contribution in [0.1, 0.15) is 20.3 Å². The molecule has 0 bridgehead atoms. The van der Waals surface area contributed by atoms with E-state index in [-0.39, 0.29) is 24.3 Å². The first-order valence-electron chi connectivity index (χ1n) is 9.43. The molecule has 3 rings (SSSR count). The number of anilines is 3. The summed E-state index contributed by atoms with van der Waals surface area (Å²) in [6.45, 7) is 4.30. The van der Waals surface area contributed by atoms with Crippen molar-refractivity contribution in [2.45, 2.75) is 26.3 Å². The fourth-order valence-corrected chi connectivity index (χ4v) is 3.17. The Hall–Kier alpha value is -3.55. The molecular weight excluding hydrogens is 372 g/mol. The maximum absolute atomic E-state index is 12.4. The van der Waals surface area contributed by atoms with Crippen molar-refractivity contribution >= 4 is 34.9 Å². The van der Waals surface area contributed by atoms with E-state index in [4.69, 9.17) is 4.74 Å². The Labute approximate surface area is 169 Å². The molecular formula is C21H24N4O4. The number of rotatable bonds is 6. The van der Waals surface area contributed by atoms with Gasteiger partial charge >= 0.3 is 6.03 Å². The zero-order valence-electron chi connectivity index (χ0n) is 16.4. The van der Waals surface area contributed by atoms with E-state index < -0.39 is 6.03 Å². The smallest absolute Gasteiger partial charge is 0.319 e. The van der Waals surface area contributed by atoms with E-state index in [1.165, 1.54) is 6.92 Å². The highest BCUT2D eigenvalue weighted by Crippen LogP contribution is 2.24. The Balaban J connectivity index is 1.56. The zero-order chi connectivity index (χ0) is 20.8. The molecule has 1 fully saturated rings. The Morgan fingerprint density at radius 2 is 1.79 bits per heavy atom. The second-order valence-corrected chi connectivity index (χ2v) is 6.69. The fourth-order valence-electron chi connectivity index (χ4n) is 3.17. The quantitative estimate of drug-likeness (QED) is 0.699. The summed E-state index contributed by atoms with van der Waals surface area (Å²) in [6, 6.07) is 13.4. The minimum absolute atomic E-state index is 0.0490. The number of hydrogen-bond acceptors (Lipinski definition) is 4. The van der Waals surface area contributed by atoms with Crippen molar-refractivity contribution in [1.82, 2.24) is 5.32 Å². The maximum atomic E-state index is 12.4. The first kappa shape index (κ1) is 20.2. The topological polar surface area (TPSA) is 99.8 Å². The van der Waals surface area contributed by atoms with E-state index in [1.54, 1.807) is 29.2 Å². The number of nitrogens with zero attached hydrogens (tertiary/aromatic N) is 1. The van der Waals surface area contributed by atoms with E-state index in [1.807, 2.05) is 31.2 Å². The van der Waals surface area contributed by atoms with E-state index in [0.29, 0.717) is 24.5 Å². The highest BCUT2D eigenvalue weighted by molar-refractivity contribution is 5.98. The van der Waals surface area contributed by atoms with Crippen LogP contribution in [0.5, 0.6) is 5.75 Å². The van der Waals surface area contributed by atoms with Gasteiger partial charge in [-0.2, -0.15) is 0 Å². The maximum Gasteiger partial charge on any atom is 0.319 e. The minimum atomic E-state index is -0.406. The molecule has 8 heteroatoms. The number of carbonyl (C=O) groups is 3. The van der Waals surface area contributed by atoms with Crippen molar-refractivity contribution in [3.8, 4) is 5.75 Å². The standard InChI is InChI=1S/C21H24N4O4/c1-3-29-19-9-7-18(8-10-19)25-13-17(12-20(25)27)24-21(28)23-16-6-4-5-15(11-16)22-14(2)26/h4-11,17H,3,12-13H2,1-2H3,(H,22,26)(H2,23,24,28). The highest BCUT2D eigenvalue weighted by Gasteiger charge is 2.31. The van der Waals surface area contributed by atoms with Gasteiger partial charge in [0.1, 0.15) is 5.75 Å². The second-order valence-electron chi connectivity index (χ2n) is 6.69. The van der Waals surface area contributed by atoms with Crippen LogP contribution in [0, 0.1) is 0 Å². The van der Waals surface area contributed by atoms with Crippen LogP contribution in [0.2, 0.25) is 0 Å². The number of nitrogens with one attached hydrogen (secondary N) is 3. The normalized spacial score (nSPS) is 15.7. The van der Waals surface area contributed by atoms with Gasteiger partial charge < -0.3 is 25.6 Å². The molecule has 152 valence electrons. The Morgan fingerprint density at radius 3 is 2.45 bits per heavy atom. The van der Waals surface area contributed by atoms with E-state index in [9.17, 15) is 14.4 Å². The van der Waals surface area contributed by atoms with Crippen molar-refractivity contribution in [3.63, 3.8) is 0 Å². The SMILES string of the molecule is CCOc1ccc(N2CC(NC(=O)Nc3cccc(NC(C)=O)c3)CC2=O)cc1. The largest absolute Gasteiger partial charge is 0.494 e. The molecule has 0 spiro atoms. The van der Waals surface area contributed by atoms with Crippen molar-refractivity contribution in [3.05, 3.63) is 48.5 Å². The molecule has 29 heavy (non-hydrogen) atoms. The van der Waals surface area contributed by atoms with Gasteiger partial charge in [-0.1, -0.05) is 6.07 Å². The fraction of sp³-hybridized carbons (Fsp3) is 0.286. The summed E-state index contributed by atoms with van der Waals surface area (Å²) in [4.78, 5) is 37.5. The summed E-state index contributed by atoms with van der Waals surface area (Å²) in [7, 11) is 0. The van der Waals surface area contributed by atoms with E-state index in [2.05, 4.69) is 16.0 Å². The molecule has 1 heterocycles. The molecule has 1 aliphatic rings. The van der Waals surface area contributed by atoms with Crippen LogP contribution in [0.3, 0.4) is 0 Å². The summed E-state index contributed by atoms with van der Waals surface area (Å²) >= 11 is 0. The molecule has 1 aliphatic heterocycles. The van der Waals surface area contributed by atoms with Crippen LogP contribution < -0.4 is 25.6 Å². The summed E-state index contributed by atoms with van der Waals surface area (Å²) in [6.07, 6.45) is 0.229. The summed E-state index contributed by atoms with van der Waals surface area (Å²) in [5.74, 6) is 0.510. The summed E-state index contributed by atoms with van der Waals surface area (Å²) in [5, 5.41) is 8.21. The molecule has 1 atom stereocenters. The molecule has 2 aromatic rings. The van der Waals surface area contributed by atoms with Crippen LogP contribution >= 0.6 is 0 Å². The van der Waals surface area contributed by atoms with Gasteiger partial charge in [0.05, 0.1) is 12.6 Å². The van der Waals surface area contributed by atoms with Crippen LogP contribution in [0.25, 0.3) is 0 Å². The van der Waals surface area contributed by atoms with Crippen LogP contribution in [0.4, 0.5) is 21.9 Å². The van der Waals surface area contributed by atoms with Crippen molar-refractivity contribution in [2.75, 3.05) is 28.7 Å². The van der Waals surface area contributed by atoms with Gasteiger partial charge in [-0.25, -0.2) is 4.79 Å². The van der Waals surface area contributed by atoms with Crippen LogP contribution in [-0.4, -0.2) is 37.0 Å². The third kappa shape index (κ3) is 5.47. The molecule has 0 saturated carbocycles. The molecule has 8 nitrogen and oxygen atoms in total. The lowest BCUT2D eigenvalue weighted by Crippen LogP contribution is -2.39. The van der Waals surface area contributed by atoms with Crippen molar-refractivity contribution in [2.24, 2.45) is 0 Å². The first-order valence-corrected chi connectivity index (χ1v) is 9.43. The molecule has 4 amide bonds. The van der Waals surface area contributed by atoms with Gasteiger partial charge in [-0.3, -0.25) is 9.59 Å².